The number of aromatic carboxylic acids is 1. The fourth-order valence-electron chi connectivity index (χ4n) is 1.39. The summed E-state index contributed by atoms with van der Waals surface area (Å²) in [5.74, 6) is -1.05. The number of thioether (sulfide) groups is 1. The van der Waals surface area contributed by atoms with Crippen molar-refractivity contribution in [3.63, 3.8) is 0 Å². The van der Waals surface area contributed by atoms with E-state index in [4.69, 9.17) is 5.11 Å². The van der Waals surface area contributed by atoms with Gasteiger partial charge < -0.3 is 5.11 Å². The van der Waals surface area contributed by atoms with E-state index in [1.165, 1.54) is 17.8 Å². The number of carboxylic acid groups (broad SMARTS) is 1. The molecule has 0 spiro atoms. The van der Waals surface area contributed by atoms with Gasteiger partial charge in [-0.1, -0.05) is 39.8 Å². The first-order valence-corrected chi connectivity index (χ1v) is 7.04. The number of carbonyl (C=O) groups is 1. The summed E-state index contributed by atoms with van der Waals surface area (Å²) >= 11 is 4.67. The highest BCUT2D eigenvalue weighted by atomic mass is 79.9. The van der Waals surface area contributed by atoms with Gasteiger partial charge in [0.25, 0.3) is 0 Å². The zero-order valence-electron chi connectivity index (χ0n) is 9.42. The summed E-state index contributed by atoms with van der Waals surface area (Å²) in [4.78, 5) is 19.2. The summed E-state index contributed by atoms with van der Waals surface area (Å²) < 4.78 is 0.962. The second kappa shape index (κ2) is 5.49. The Morgan fingerprint density at radius 1 is 1.28 bits per heavy atom. The Labute approximate surface area is 117 Å². The van der Waals surface area contributed by atoms with Gasteiger partial charge in [0.05, 0.1) is 5.69 Å². The fourth-order valence-corrected chi connectivity index (χ4v) is 2.04. The average Bonchev–Trinajstić information content (AvgIpc) is 2.39. The zero-order chi connectivity index (χ0) is 13.1. The minimum absolute atomic E-state index is 0.00673. The molecule has 0 bridgehead atoms. The van der Waals surface area contributed by atoms with Crippen LogP contribution in [0.2, 0.25) is 0 Å². The molecule has 0 amide bonds. The van der Waals surface area contributed by atoms with Crippen LogP contribution in [0.15, 0.2) is 40.0 Å². The van der Waals surface area contributed by atoms with Crippen LogP contribution in [0.5, 0.6) is 0 Å². The van der Waals surface area contributed by atoms with E-state index in [1.54, 1.807) is 0 Å². The smallest absolute Gasteiger partial charge is 0.354 e. The van der Waals surface area contributed by atoms with Crippen LogP contribution in [-0.2, 0) is 0 Å². The molecule has 1 heterocycles. The van der Waals surface area contributed by atoms with Crippen molar-refractivity contribution in [2.45, 2.75) is 5.16 Å². The third-order valence-electron chi connectivity index (χ3n) is 2.25. The van der Waals surface area contributed by atoms with Crippen LogP contribution in [0.4, 0.5) is 0 Å². The van der Waals surface area contributed by atoms with Gasteiger partial charge in [-0.25, -0.2) is 14.8 Å². The van der Waals surface area contributed by atoms with E-state index in [0.717, 1.165) is 10.0 Å². The maximum atomic E-state index is 11.0. The number of halogens is 1. The molecule has 0 aliphatic rings. The van der Waals surface area contributed by atoms with E-state index in [2.05, 4.69) is 25.9 Å². The second-order valence-electron chi connectivity index (χ2n) is 3.44. The number of rotatable bonds is 3. The Kier molecular flexibility index (Phi) is 3.98. The quantitative estimate of drug-likeness (QED) is 0.693. The topological polar surface area (TPSA) is 63.1 Å². The highest BCUT2D eigenvalue weighted by Gasteiger charge is 2.11. The molecule has 18 heavy (non-hydrogen) atoms. The maximum absolute atomic E-state index is 11.0. The monoisotopic (exact) mass is 324 g/mol. The highest BCUT2D eigenvalue weighted by molar-refractivity contribution is 9.10. The first kappa shape index (κ1) is 13.0. The van der Waals surface area contributed by atoms with E-state index in [-0.39, 0.29) is 5.69 Å². The molecule has 0 fully saturated rings. The molecule has 2 aromatic rings. The minimum atomic E-state index is -1.05. The highest BCUT2D eigenvalue weighted by Crippen LogP contribution is 2.22. The lowest BCUT2D eigenvalue weighted by Crippen LogP contribution is -2.03. The summed E-state index contributed by atoms with van der Waals surface area (Å²) in [5, 5.41) is 9.46. The van der Waals surface area contributed by atoms with Crippen LogP contribution >= 0.6 is 27.7 Å². The summed E-state index contributed by atoms with van der Waals surface area (Å²) in [5.41, 5.74) is 1.48. The molecular formula is C12H9BrN2O2S. The number of carboxylic acids is 1. The Hall–Kier alpha value is -1.40. The minimum Gasteiger partial charge on any atom is -0.477 e. The standard InChI is InChI=1S/C12H9BrN2O2S/c1-18-12-14-9(6-10(15-12)11(16)17)7-2-4-8(13)5-3-7/h2-6H,1H3,(H,16,17). The molecular weight excluding hydrogens is 316 g/mol. The van der Waals surface area contributed by atoms with Gasteiger partial charge in [0, 0.05) is 10.0 Å². The molecule has 0 radical (unpaired) electrons. The van der Waals surface area contributed by atoms with Crippen LogP contribution in [0.3, 0.4) is 0 Å². The van der Waals surface area contributed by atoms with Gasteiger partial charge in [-0.05, 0) is 24.5 Å². The molecule has 1 aromatic heterocycles. The maximum Gasteiger partial charge on any atom is 0.354 e. The molecule has 1 N–H and O–H groups in total. The lowest BCUT2D eigenvalue weighted by atomic mass is 10.1. The van der Waals surface area contributed by atoms with E-state index in [9.17, 15) is 4.79 Å². The van der Waals surface area contributed by atoms with E-state index < -0.39 is 5.97 Å². The molecule has 92 valence electrons. The first-order valence-electron chi connectivity index (χ1n) is 5.02. The van der Waals surface area contributed by atoms with Crippen LogP contribution in [-0.4, -0.2) is 27.3 Å². The Morgan fingerprint density at radius 3 is 2.50 bits per heavy atom. The summed E-state index contributed by atoms with van der Waals surface area (Å²) in [6.45, 7) is 0. The van der Waals surface area contributed by atoms with Crippen molar-refractivity contribution < 1.29 is 9.90 Å². The molecule has 4 nitrogen and oxygen atoms in total. The molecule has 0 unspecified atom stereocenters. The van der Waals surface area contributed by atoms with E-state index >= 15 is 0 Å². The third-order valence-corrected chi connectivity index (χ3v) is 3.32. The molecule has 6 heteroatoms. The molecule has 2 rings (SSSR count). The van der Waals surface area contributed by atoms with Crippen molar-refractivity contribution in [1.82, 2.24) is 9.97 Å². The van der Waals surface area contributed by atoms with Gasteiger partial charge in [-0.2, -0.15) is 0 Å². The van der Waals surface area contributed by atoms with Crippen molar-refractivity contribution >= 4 is 33.7 Å². The van der Waals surface area contributed by atoms with Crippen molar-refractivity contribution in [2.24, 2.45) is 0 Å². The van der Waals surface area contributed by atoms with Crippen LogP contribution < -0.4 is 0 Å². The summed E-state index contributed by atoms with van der Waals surface area (Å²) in [6, 6.07) is 9.00. The molecule has 1 aromatic carbocycles. The Morgan fingerprint density at radius 2 is 1.94 bits per heavy atom. The molecule has 0 aliphatic carbocycles. The van der Waals surface area contributed by atoms with Crippen molar-refractivity contribution in [1.29, 1.82) is 0 Å². The summed E-state index contributed by atoms with van der Waals surface area (Å²) in [7, 11) is 0. The van der Waals surface area contributed by atoms with E-state index in [0.29, 0.717) is 10.9 Å². The van der Waals surface area contributed by atoms with Crippen LogP contribution in [0, 0.1) is 0 Å². The van der Waals surface area contributed by atoms with Crippen molar-refractivity contribution in [3.8, 4) is 11.3 Å². The van der Waals surface area contributed by atoms with Gasteiger partial charge >= 0.3 is 5.97 Å². The number of nitrogens with zero attached hydrogens (tertiary/aromatic N) is 2. The van der Waals surface area contributed by atoms with Gasteiger partial charge in [0.2, 0.25) is 0 Å². The van der Waals surface area contributed by atoms with Crippen LogP contribution in [0.25, 0.3) is 11.3 Å². The van der Waals surface area contributed by atoms with E-state index in [1.807, 2.05) is 30.5 Å². The van der Waals surface area contributed by atoms with Gasteiger partial charge in [-0.15, -0.1) is 0 Å². The number of benzene rings is 1. The molecule has 0 atom stereocenters. The molecule has 0 saturated carbocycles. The van der Waals surface area contributed by atoms with Crippen molar-refractivity contribution in [2.75, 3.05) is 6.26 Å². The molecule has 0 aliphatic heterocycles. The zero-order valence-corrected chi connectivity index (χ0v) is 11.8. The predicted molar refractivity (Wildman–Crippen MR) is 73.9 cm³/mol. The third kappa shape index (κ3) is 2.88. The Bertz CT molecular complexity index is 587. The van der Waals surface area contributed by atoms with Crippen LogP contribution in [0.1, 0.15) is 10.5 Å². The van der Waals surface area contributed by atoms with Gasteiger partial charge in [-0.3, -0.25) is 0 Å². The van der Waals surface area contributed by atoms with Gasteiger partial charge in [0.1, 0.15) is 0 Å². The number of hydrogen-bond donors (Lipinski definition) is 1. The SMILES string of the molecule is CSc1nc(C(=O)O)cc(-c2ccc(Br)cc2)n1. The second-order valence-corrected chi connectivity index (χ2v) is 5.13. The lowest BCUT2D eigenvalue weighted by molar-refractivity contribution is 0.0689. The number of aromatic nitrogens is 2. The first-order chi connectivity index (χ1) is 8.60. The fraction of sp³-hybridized carbons (Fsp3) is 0.0833. The Balaban J connectivity index is 2.52. The van der Waals surface area contributed by atoms with Gasteiger partial charge in [0.15, 0.2) is 10.9 Å². The predicted octanol–water partition coefficient (Wildman–Crippen LogP) is 3.33. The normalized spacial score (nSPS) is 10.3. The largest absolute Gasteiger partial charge is 0.477 e. The summed E-state index contributed by atoms with van der Waals surface area (Å²) in [6.07, 6.45) is 1.81. The number of hydrogen-bond acceptors (Lipinski definition) is 4. The lowest BCUT2D eigenvalue weighted by Gasteiger charge is -2.04. The molecule has 0 saturated heterocycles. The van der Waals surface area contributed by atoms with Crippen molar-refractivity contribution in [3.05, 3.63) is 40.5 Å². The average molecular weight is 325 g/mol.